The van der Waals surface area contributed by atoms with Gasteiger partial charge in [0.25, 0.3) is 5.91 Å². The zero-order valence-corrected chi connectivity index (χ0v) is 15.6. The number of benzene rings is 3. The van der Waals surface area contributed by atoms with Gasteiger partial charge in [-0.1, -0.05) is 51.8 Å². The molecule has 0 saturated heterocycles. The first-order valence-corrected chi connectivity index (χ1v) is 8.79. The molecule has 0 aliphatic heterocycles. The smallest absolute Gasteiger partial charge is 0.258 e. The second-order valence-electron chi connectivity index (χ2n) is 5.43. The SMILES string of the molecule is O=C(Nc1ccc(Br)cc1C(=O)c1ccccc1Cl)c1ccccc1F. The Morgan fingerprint density at radius 2 is 1.54 bits per heavy atom. The number of ketones is 1. The molecule has 6 heteroatoms. The first-order chi connectivity index (χ1) is 12.5. The third-order valence-corrected chi connectivity index (χ3v) is 4.53. The predicted octanol–water partition coefficient (Wildman–Crippen LogP) is 5.72. The van der Waals surface area contributed by atoms with Crippen molar-refractivity contribution in [2.24, 2.45) is 0 Å². The van der Waals surface area contributed by atoms with E-state index in [4.69, 9.17) is 11.6 Å². The highest BCUT2D eigenvalue weighted by Gasteiger charge is 2.19. The van der Waals surface area contributed by atoms with Gasteiger partial charge < -0.3 is 5.32 Å². The highest BCUT2D eigenvalue weighted by molar-refractivity contribution is 9.10. The third kappa shape index (κ3) is 3.84. The van der Waals surface area contributed by atoms with Gasteiger partial charge in [-0.05, 0) is 42.5 Å². The summed E-state index contributed by atoms with van der Waals surface area (Å²) in [6.45, 7) is 0. The second-order valence-corrected chi connectivity index (χ2v) is 6.76. The minimum Gasteiger partial charge on any atom is -0.321 e. The lowest BCUT2D eigenvalue weighted by Gasteiger charge is -2.12. The normalized spacial score (nSPS) is 10.4. The number of anilines is 1. The molecule has 0 heterocycles. The molecular formula is C20H12BrClFNO2. The van der Waals surface area contributed by atoms with Gasteiger partial charge in [-0.25, -0.2) is 4.39 Å². The van der Waals surface area contributed by atoms with Crippen molar-refractivity contribution < 1.29 is 14.0 Å². The fourth-order valence-corrected chi connectivity index (χ4v) is 3.02. The van der Waals surface area contributed by atoms with E-state index in [2.05, 4.69) is 21.2 Å². The Bertz CT molecular complexity index is 1010. The topological polar surface area (TPSA) is 46.2 Å². The Balaban J connectivity index is 1.99. The number of carbonyl (C=O) groups is 2. The number of hydrogen-bond donors (Lipinski definition) is 1. The van der Waals surface area contributed by atoms with E-state index in [1.165, 1.54) is 18.2 Å². The van der Waals surface area contributed by atoms with Gasteiger partial charge in [-0.2, -0.15) is 0 Å². The van der Waals surface area contributed by atoms with Crippen LogP contribution in [-0.4, -0.2) is 11.7 Å². The Kier molecular flexibility index (Phi) is 5.49. The molecule has 0 atom stereocenters. The van der Waals surface area contributed by atoms with Crippen LogP contribution in [0.2, 0.25) is 5.02 Å². The number of carbonyl (C=O) groups excluding carboxylic acids is 2. The summed E-state index contributed by atoms with van der Waals surface area (Å²) in [5, 5.41) is 2.91. The molecule has 0 radical (unpaired) electrons. The summed E-state index contributed by atoms with van der Waals surface area (Å²) < 4.78 is 14.5. The molecule has 3 aromatic rings. The maximum Gasteiger partial charge on any atom is 0.258 e. The number of rotatable bonds is 4. The molecule has 0 saturated carbocycles. The van der Waals surface area contributed by atoms with E-state index >= 15 is 0 Å². The summed E-state index contributed by atoms with van der Waals surface area (Å²) in [6.07, 6.45) is 0. The van der Waals surface area contributed by atoms with E-state index in [9.17, 15) is 14.0 Å². The summed E-state index contributed by atoms with van der Waals surface area (Å²) in [5.74, 6) is -1.62. The fourth-order valence-electron chi connectivity index (χ4n) is 2.44. The zero-order chi connectivity index (χ0) is 18.7. The molecule has 26 heavy (non-hydrogen) atoms. The van der Waals surface area contributed by atoms with Crippen LogP contribution in [-0.2, 0) is 0 Å². The molecule has 0 unspecified atom stereocenters. The van der Waals surface area contributed by atoms with Gasteiger partial charge in [0, 0.05) is 15.6 Å². The lowest BCUT2D eigenvalue weighted by molar-refractivity contribution is 0.102. The average Bonchev–Trinajstić information content (AvgIpc) is 2.63. The van der Waals surface area contributed by atoms with Gasteiger partial charge in [0.05, 0.1) is 16.3 Å². The standard InChI is InChI=1S/C20H12BrClFNO2/c21-12-9-10-18(24-20(26)14-6-2-4-8-17(14)23)15(11-12)19(25)13-5-1-3-7-16(13)22/h1-11H,(H,24,26). The molecule has 0 aromatic heterocycles. The molecule has 1 N–H and O–H groups in total. The van der Waals surface area contributed by atoms with Crippen LogP contribution in [0.4, 0.5) is 10.1 Å². The minimum atomic E-state index is -0.640. The summed E-state index contributed by atoms with van der Waals surface area (Å²) in [7, 11) is 0. The lowest BCUT2D eigenvalue weighted by atomic mass is 10.0. The third-order valence-electron chi connectivity index (χ3n) is 3.71. The molecule has 3 nitrogen and oxygen atoms in total. The predicted molar refractivity (Wildman–Crippen MR) is 103 cm³/mol. The Morgan fingerprint density at radius 3 is 2.23 bits per heavy atom. The maximum absolute atomic E-state index is 13.8. The minimum absolute atomic E-state index is 0.105. The maximum atomic E-state index is 13.8. The van der Waals surface area contributed by atoms with Crippen LogP contribution in [0.1, 0.15) is 26.3 Å². The van der Waals surface area contributed by atoms with Crippen molar-refractivity contribution in [1.29, 1.82) is 0 Å². The van der Waals surface area contributed by atoms with Gasteiger partial charge in [-0.3, -0.25) is 9.59 Å². The monoisotopic (exact) mass is 431 g/mol. The lowest BCUT2D eigenvalue weighted by Crippen LogP contribution is -2.16. The van der Waals surface area contributed by atoms with E-state index in [0.29, 0.717) is 15.1 Å². The summed E-state index contributed by atoms with van der Waals surface area (Å²) in [4.78, 5) is 25.3. The van der Waals surface area contributed by atoms with Crippen molar-refractivity contribution in [1.82, 2.24) is 0 Å². The molecule has 3 aromatic carbocycles. The van der Waals surface area contributed by atoms with Crippen molar-refractivity contribution in [3.63, 3.8) is 0 Å². The number of amides is 1. The summed E-state index contributed by atoms with van der Waals surface area (Å²) in [6, 6.07) is 17.1. The van der Waals surface area contributed by atoms with E-state index in [0.717, 1.165) is 0 Å². The molecule has 0 bridgehead atoms. The van der Waals surface area contributed by atoms with Crippen molar-refractivity contribution in [2.75, 3.05) is 5.32 Å². The summed E-state index contributed by atoms with van der Waals surface area (Å²) in [5.41, 5.74) is 0.726. The van der Waals surface area contributed by atoms with Gasteiger partial charge in [0.2, 0.25) is 0 Å². The van der Waals surface area contributed by atoms with E-state index in [-0.39, 0.29) is 22.6 Å². The van der Waals surface area contributed by atoms with Crippen LogP contribution in [0, 0.1) is 5.82 Å². The average molecular weight is 433 g/mol. The van der Waals surface area contributed by atoms with E-state index < -0.39 is 11.7 Å². The van der Waals surface area contributed by atoms with Crippen molar-refractivity contribution in [3.05, 3.63) is 98.7 Å². The fraction of sp³-hybridized carbons (Fsp3) is 0. The molecule has 0 aliphatic rings. The van der Waals surface area contributed by atoms with Crippen molar-refractivity contribution in [2.45, 2.75) is 0 Å². The quantitative estimate of drug-likeness (QED) is 0.536. The largest absolute Gasteiger partial charge is 0.321 e. The van der Waals surface area contributed by atoms with Crippen LogP contribution in [0.25, 0.3) is 0 Å². The zero-order valence-electron chi connectivity index (χ0n) is 13.3. The molecule has 0 spiro atoms. The van der Waals surface area contributed by atoms with Gasteiger partial charge in [-0.15, -0.1) is 0 Å². The number of nitrogens with one attached hydrogen (secondary N) is 1. The Labute approximate surface area is 162 Å². The van der Waals surface area contributed by atoms with Gasteiger partial charge in [0.1, 0.15) is 5.82 Å². The van der Waals surface area contributed by atoms with Crippen molar-refractivity contribution >= 4 is 44.9 Å². The molecule has 0 fully saturated rings. The van der Waals surface area contributed by atoms with Crippen molar-refractivity contribution in [3.8, 4) is 0 Å². The summed E-state index contributed by atoms with van der Waals surface area (Å²) >= 11 is 9.43. The number of halogens is 3. The number of hydrogen-bond acceptors (Lipinski definition) is 2. The molecule has 0 aliphatic carbocycles. The second kappa shape index (κ2) is 7.81. The van der Waals surface area contributed by atoms with E-state index in [1.54, 1.807) is 48.5 Å². The molecular weight excluding hydrogens is 421 g/mol. The van der Waals surface area contributed by atoms with Crippen LogP contribution in [0.5, 0.6) is 0 Å². The Morgan fingerprint density at radius 1 is 0.885 bits per heavy atom. The first-order valence-electron chi connectivity index (χ1n) is 7.62. The highest BCUT2D eigenvalue weighted by Crippen LogP contribution is 2.27. The Hall–Kier alpha value is -2.50. The highest BCUT2D eigenvalue weighted by atomic mass is 79.9. The van der Waals surface area contributed by atoms with Crippen LogP contribution in [0.3, 0.4) is 0 Å². The molecule has 130 valence electrons. The van der Waals surface area contributed by atoms with Crippen LogP contribution >= 0.6 is 27.5 Å². The first kappa shape index (κ1) is 18.3. The van der Waals surface area contributed by atoms with Gasteiger partial charge in [0.15, 0.2) is 5.78 Å². The van der Waals surface area contributed by atoms with Crippen LogP contribution in [0.15, 0.2) is 71.2 Å². The van der Waals surface area contributed by atoms with Gasteiger partial charge >= 0.3 is 0 Å². The van der Waals surface area contributed by atoms with E-state index in [1.807, 2.05) is 0 Å². The molecule has 1 amide bonds. The molecule has 3 rings (SSSR count). The van der Waals surface area contributed by atoms with Crippen LogP contribution < -0.4 is 5.32 Å².